The Balaban J connectivity index is 0.00000180. The molecule has 0 bridgehead atoms. The van der Waals surface area contributed by atoms with Crippen LogP contribution in [-0.4, -0.2) is 38.5 Å². The number of rotatable bonds is 2. The van der Waals surface area contributed by atoms with Crippen molar-refractivity contribution in [1.29, 1.82) is 0 Å². The molecule has 6 heteroatoms. The molecule has 1 aliphatic heterocycles. The van der Waals surface area contributed by atoms with E-state index >= 15 is 0 Å². The van der Waals surface area contributed by atoms with Gasteiger partial charge in [0.2, 0.25) is 5.54 Å². The van der Waals surface area contributed by atoms with Crippen molar-refractivity contribution in [2.75, 3.05) is 13.6 Å². The Kier molecular flexibility index (Phi) is 4.79. The van der Waals surface area contributed by atoms with Gasteiger partial charge in [0.05, 0.1) is 0 Å². The lowest BCUT2D eigenvalue weighted by molar-refractivity contribution is -0.649. The highest BCUT2D eigenvalue weighted by Crippen LogP contribution is 2.11. The predicted molar refractivity (Wildman–Crippen MR) is 70.5 cm³/mol. The molecule has 2 rings (SSSR count). The summed E-state index contributed by atoms with van der Waals surface area (Å²) in [5, 5.41) is 0. The zero-order chi connectivity index (χ0) is 13.6. The van der Waals surface area contributed by atoms with Gasteiger partial charge < -0.3 is 24.0 Å². The second kappa shape index (κ2) is 5.49. The molecule has 0 aromatic heterocycles. The molecule has 1 aromatic rings. The Hall–Kier alpha value is -0.470. The summed E-state index contributed by atoms with van der Waals surface area (Å²) >= 11 is 0. The molecule has 106 valence electrons. The van der Waals surface area contributed by atoms with Crippen LogP contribution in [0, 0.1) is 6.92 Å². The molecule has 1 atom stereocenters. The number of benzene rings is 1. The number of likely N-dealkylation sites (N-methyl/N-ethyl adjacent to an activating group) is 1. The van der Waals surface area contributed by atoms with Crippen molar-refractivity contribution >= 4 is 16.4 Å². The van der Waals surface area contributed by atoms with Crippen LogP contribution in [0.15, 0.2) is 29.2 Å². The van der Waals surface area contributed by atoms with Crippen LogP contribution in [-0.2, 0) is 10.0 Å². The van der Waals surface area contributed by atoms with Gasteiger partial charge in [0.15, 0.2) is 6.54 Å². The van der Waals surface area contributed by atoms with Crippen LogP contribution < -0.4 is 28.3 Å². The first kappa shape index (κ1) is 16.6. The maximum atomic E-state index is 12.5. The summed E-state index contributed by atoms with van der Waals surface area (Å²) in [5.41, 5.74) is 0.930. The van der Waals surface area contributed by atoms with Crippen molar-refractivity contribution < 1.29 is 41.3 Å². The third-order valence-corrected chi connectivity index (χ3v) is 5.41. The van der Waals surface area contributed by atoms with E-state index in [1.165, 1.54) is 0 Å². The highest BCUT2D eigenvalue weighted by atomic mass is 127. The van der Waals surface area contributed by atoms with Crippen molar-refractivity contribution in [3.05, 3.63) is 29.8 Å². The molecule has 0 fully saturated rings. The van der Waals surface area contributed by atoms with Gasteiger partial charge in [0, 0.05) is 13.8 Å². The summed E-state index contributed by atoms with van der Waals surface area (Å²) in [6.07, 6.45) is 1.75. The Morgan fingerprint density at radius 1 is 1.21 bits per heavy atom. The van der Waals surface area contributed by atoms with Crippen molar-refractivity contribution in [3.8, 4) is 0 Å². The smallest absolute Gasteiger partial charge is 0.341 e. The van der Waals surface area contributed by atoms with Gasteiger partial charge in [-0.2, -0.15) is 13.0 Å². The molecule has 0 amide bonds. The molecule has 19 heavy (non-hydrogen) atoms. The maximum Gasteiger partial charge on any atom is 0.341 e. The van der Waals surface area contributed by atoms with Gasteiger partial charge in [-0.3, -0.25) is 0 Å². The normalized spacial score (nSPS) is 21.7. The van der Waals surface area contributed by atoms with Crippen LogP contribution in [0.25, 0.3) is 0 Å². The van der Waals surface area contributed by atoms with E-state index in [0.717, 1.165) is 5.56 Å². The SMILES string of the molecule is Cc1ccc(S(=O)(=O)[NH+]2C=[N+](C)C(C)(C)C2)cc1.[I-]. The first-order valence-corrected chi connectivity index (χ1v) is 7.47. The molecule has 0 saturated heterocycles. The Bertz CT molecular complexity index is 592. The van der Waals surface area contributed by atoms with Crippen LogP contribution in [0.5, 0.6) is 0 Å². The minimum Gasteiger partial charge on any atom is -1.00 e. The number of halogens is 1. The highest BCUT2D eigenvalue weighted by molar-refractivity contribution is 7.85. The zero-order valence-electron chi connectivity index (χ0n) is 11.6. The minimum absolute atomic E-state index is 0. The van der Waals surface area contributed by atoms with Crippen molar-refractivity contribution in [2.45, 2.75) is 31.2 Å². The second-order valence-corrected chi connectivity index (χ2v) is 7.51. The quantitative estimate of drug-likeness (QED) is 0.430. The van der Waals surface area contributed by atoms with Gasteiger partial charge in [0.25, 0.3) is 0 Å². The van der Waals surface area contributed by atoms with Crippen LogP contribution in [0.1, 0.15) is 19.4 Å². The molecule has 4 nitrogen and oxygen atoms in total. The monoisotopic (exact) mass is 395 g/mol. The number of hydrogen-bond acceptors (Lipinski definition) is 2. The van der Waals surface area contributed by atoms with Crippen molar-refractivity contribution in [1.82, 2.24) is 0 Å². The van der Waals surface area contributed by atoms with Gasteiger partial charge in [-0.25, -0.2) is 0 Å². The molecule has 1 unspecified atom stereocenters. The van der Waals surface area contributed by atoms with Crippen LogP contribution in [0.2, 0.25) is 0 Å². The van der Waals surface area contributed by atoms with Crippen molar-refractivity contribution in [2.24, 2.45) is 0 Å². The lowest BCUT2D eigenvalue weighted by Crippen LogP contribution is -3.12. The molecular formula is C13H20IN2O2S+. The van der Waals surface area contributed by atoms with Crippen LogP contribution >= 0.6 is 0 Å². The molecule has 1 aliphatic rings. The van der Waals surface area contributed by atoms with E-state index in [-0.39, 0.29) is 29.5 Å². The average Bonchev–Trinajstić information content (AvgIpc) is 2.55. The third-order valence-electron chi connectivity index (χ3n) is 3.58. The summed E-state index contributed by atoms with van der Waals surface area (Å²) < 4.78 is 27.4. The van der Waals surface area contributed by atoms with Gasteiger partial charge in [0.1, 0.15) is 11.9 Å². The van der Waals surface area contributed by atoms with Crippen LogP contribution in [0.4, 0.5) is 0 Å². The van der Waals surface area contributed by atoms with E-state index in [9.17, 15) is 8.42 Å². The average molecular weight is 395 g/mol. The molecule has 1 aromatic carbocycles. The Labute approximate surface area is 132 Å². The molecule has 0 saturated carbocycles. The highest BCUT2D eigenvalue weighted by Gasteiger charge is 2.46. The van der Waals surface area contributed by atoms with E-state index in [0.29, 0.717) is 15.7 Å². The first-order valence-electron chi connectivity index (χ1n) is 5.99. The van der Waals surface area contributed by atoms with E-state index in [2.05, 4.69) is 0 Å². The number of nitrogens with zero attached hydrogens (tertiary/aromatic N) is 1. The summed E-state index contributed by atoms with van der Waals surface area (Å²) in [7, 11) is -1.43. The number of aryl methyl sites for hydroxylation is 1. The first-order chi connectivity index (χ1) is 8.23. The van der Waals surface area contributed by atoms with Gasteiger partial charge in [-0.15, -0.1) is 4.31 Å². The summed E-state index contributed by atoms with van der Waals surface area (Å²) in [4.78, 5) is 0.380. The molecule has 1 heterocycles. The molecule has 0 radical (unpaired) electrons. The van der Waals surface area contributed by atoms with Gasteiger partial charge in [-0.05, 0) is 19.1 Å². The fraction of sp³-hybridized carbons (Fsp3) is 0.462. The largest absolute Gasteiger partial charge is 1.00 e. The second-order valence-electron chi connectivity index (χ2n) is 5.51. The number of sulfonamides is 1. The fourth-order valence-electron chi connectivity index (χ4n) is 2.02. The number of nitrogens with one attached hydrogen (secondary N) is 1. The Morgan fingerprint density at radius 2 is 1.74 bits per heavy atom. The third kappa shape index (κ3) is 3.17. The fourth-order valence-corrected chi connectivity index (χ4v) is 3.66. The zero-order valence-corrected chi connectivity index (χ0v) is 14.6. The Morgan fingerprint density at radius 3 is 2.16 bits per heavy atom. The van der Waals surface area contributed by atoms with E-state index in [4.69, 9.17) is 0 Å². The molecule has 1 N–H and O–H groups in total. The van der Waals surface area contributed by atoms with E-state index in [1.807, 2.05) is 44.5 Å². The van der Waals surface area contributed by atoms with Gasteiger partial charge in [-0.1, -0.05) is 17.7 Å². The maximum absolute atomic E-state index is 12.5. The molecule has 0 spiro atoms. The predicted octanol–water partition coefficient (Wildman–Crippen LogP) is -2.96. The summed E-state index contributed by atoms with van der Waals surface area (Å²) in [5.74, 6) is 0. The van der Waals surface area contributed by atoms with Crippen LogP contribution in [0.3, 0.4) is 0 Å². The lowest BCUT2D eigenvalue weighted by atomic mass is 10.1. The van der Waals surface area contributed by atoms with E-state index in [1.54, 1.807) is 18.5 Å². The molecule has 0 aliphatic carbocycles. The lowest BCUT2D eigenvalue weighted by Gasteiger charge is -2.12. The number of quaternary nitrogens is 1. The standard InChI is InChI=1S/C13H19N2O2S.HI/c1-11-5-7-12(8-6-11)18(16,17)15-9-13(2,3)14(4)10-15;/h5-8,10H,9H2,1-4H3;1H/q+1;. The summed E-state index contributed by atoms with van der Waals surface area (Å²) in [6.45, 7) is 6.59. The topological polar surface area (TPSA) is 41.6 Å². The summed E-state index contributed by atoms with van der Waals surface area (Å²) in [6, 6.07) is 7.02. The minimum atomic E-state index is -3.34. The van der Waals surface area contributed by atoms with Gasteiger partial charge >= 0.3 is 16.4 Å². The van der Waals surface area contributed by atoms with E-state index < -0.39 is 10.0 Å². The number of hydrogen-bond donors (Lipinski definition) is 1. The molecular weight excluding hydrogens is 375 g/mol. The van der Waals surface area contributed by atoms with Crippen molar-refractivity contribution in [3.63, 3.8) is 0 Å².